The summed E-state index contributed by atoms with van der Waals surface area (Å²) >= 11 is 3.41. The molecule has 2 N–H and O–H groups in total. The van der Waals surface area contributed by atoms with Crippen molar-refractivity contribution in [3.63, 3.8) is 0 Å². The first-order valence-electron chi connectivity index (χ1n) is 4.33. The van der Waals surface area contributed by atoms with Gasteiger partial charge < -0.3 is 5.73 Å². The van der Waals surface area contributed by atoms with E-state index < -0.39 is 0 Å². The van der Waals surface area contributed by atoms with Crippen LogP contribution in [0.25, 0.3) is 10.9 Å². The Balaban J connectivity index is 2.77. The fraction of sp³-hybridized carbons (Fsp3) is 0.200. The van der Waals surface area contributed by atoms with Crippen LogP contribution >= 0.6 is 15.9 Å². The molecule has 4 heteroatoms. The predicted octanol–water partition coefficient (Wildman–Crippen LogP) is 2.16. The van der Waals surface area contributed by atoms with E-state index in [1.807, 2.05) is 25.1 Å². The standard InChI is InChI=1S/C10H10BrN3/c1-6-8-3-2-7(11)4-9(8)14-10(5-12)13-6/h2-4H,5,12H2,1H3. The maximum Gasteiger partial charge on any atom is 0.142 e. The van der Waals surface area contributed by atoms with Crippen LogP contribution in [0.3, 0.4) is 0 Å². The number of hydrogen-bond donors (Lipinski definition) is 1. The molecule has 0 spiro atoms. The highest BCUT2D eigenvalue weighted by Crippen LogP contribution is 2.19. The molecule has 0 fully saturated rings. The lowest BCUT2D eigenvalue weighted by Crippen LogP contribution is -2.04. The van der Waals surface area contributed by atoms with Gasteiger partial charge in [0.1, 0.15) is 5.82 Å². The zero-order valence-corrected chi connectivity index (χ0v) is 9.37. The highest BCUT2D eigenvalue weighted by Gasteiger charge is 2.03. The van der Waals surface area contributed by atoms with Crippen LogP contribution in [0.1, 0.15) is 11.5 Å². The van der Waals surface area contributed by atoms with Gasteiger partial charge in [0.15, 0.2) is 0 Å². The number of nitrogens with zero attached hydrogens (tertiary/aromatic N) is 2. The summed E-state index contributed by atoms with van der Waals surface area (Å²) in [7, 11) is 0. The van der Waals surface area contributed by atoms with Gasteiger partial charge in [-0.3, -0.25) is 0 Å². The van der Waals surface area contributed by atoms with E-state index >= 15 is 0 Å². The quantitative estimate of drug-likeness (QED) is 0.846. The summed E-state index contributed by atoms with van der Waals surface area (Å²) in [4.78, 5) is 8.65. The summed E-state index contributed by atoms with van der Waals surface area (Å²) in [5.41, 5.74) is 7.42. The van der Waals surface area contributed by atoms with Crippen LogP contribution in [0.4, 0.5) is 0 Å². The Bertz CT molecular complexity index is 482. The van der Waals surface area contributed by atoms with E-state index in [4.69, 9.17) is 5.73 Å². The number of benzene rings is 1. The van der Waals surface area contributed by atoms with E-state index in [0.717, 1.165) is 21.1 Å². The Kier molecular flexibility index (Phi) is 2.48. The smallest absolute Gasteiger partial charge is 0.142 e. The maximum atomic E-state index is 5.51. The van der Waals surface area contributed by atoms with Crippen molar-refractivity contribution in [1.82, 2.24) is 9.97 Å². The number of hydrogen-bond acceptors (Lipinski definition) is 3. The van der Waals surface area contributed by atoms with Gasteiger partial charge in [0.2, 0.25) is 0 Å². The minimum Gasteiger partial charge on any atom is -0.324 e. The molecule has 3 nitrogen and oxygen atoms in total. The largest absolute Gasteiger partial charge is 0.324 e. The fourth-order valence-electron chi connectivity index (χ4n) is 1.41. The molecule has 0 saturated heterocycles. The lowest BCUT2D eigenvalue weighted by molar-refractivity contribution is 0.911. The molecule has 1 aromatic heterocycles. The summed E-state index contributed by atoms with van der Waals surface area (Å²) in [6.07, 6.45) is 0. The van der Waals surface area contributed by atoms with Crippen LogP contribution in [0.2, 0.25) is 0 Å². The number of aromatic nitrogens is 2. The molecule has 72 valence electrons. The first kappa shape index (κ1) is 9.55. The van der Waals surface area contributed by atoms with Gasteiger partial charge >= 0.3 is 0 Å². The van der Waals surface area contributed by atoms with Crippen LogP contribution < -0.4 is 5.73 Å². The normalized spacial score (nSPS) is 10.8. The van der Waals surface area contributed by atoms with Gasteiger partial charge in [-0.05, 0) is 25.1 Å². The molecule has 0 amide bonds. The lowest BCUT2D eigenvalue weighted by Gasteiger charge is -2.03. The van der Waals surface area contributed by atoms with Crippen molar-refractivity contribution in [2.24, 2.45) is 5.73 Å². The van der Waals surface area contributed by atoms with Crippen molar-refractivity contribution in [1.29, 1.82) is 0 Å². The summed E-state index contributed by atoms with van der Waals surface area (Å²) in [6.45, 7) is 2.35. The molecule has 1 heterocycles. The van der Waals surface area contributed by atoms with Gasteiger partial charge in [-0.2, -0.15) is 0 Å². The van der Waals surface area contributed by atoms with Crippen LogP contribution in [0.15, 0.2) is 22.7 Å². The topological polar surface area (TPSA) is 51.8 Å². The van der Waals surface area contributed by atoms with Crippen LogP contribution in [-0.4, -0.2) is 9.97 Å². The predicted molar refractivity (Wildman–Crippen MR) is 59.9 cm³/mol. The molecule has 0 aliphatic heterocycles. The van der Waals surface area contributed by atoms with Gasteiger partial charge in [-0.15, -0.1) is 0 Å². The second kappa shape index (κ2) is 3.63. The number of nitrogens with two attached hydrogens (primary N) is 1. The molecular weight excluding hydrogens is 242 g/mol. The first-order chi connectivity index (χ1) is 6.70. The summed E-state index contributed by atoms with van der Waals surface area (Å²) in [5.74, 6) is 0.688. The van der Waals surface area contributed by atoms with Crippen molar-refractivity contribution in [2.45, 2.75) is 13.5 Å². The Morgan fingerprint density at radius 3 is 2.86 bits per heavy atom. The van der Waals surface area contributed by atoms with E-state index in [9.17, 15) is 0 Å². The lowest BCUT2D eigenvalue weighted by atomic mass is 10.2. The van der Waals surface area contributed by atoms with E-state index in [0.29, 0.717) is 12.4 Å². The summed E-state index contributed by atoms with van der Waals surface area (Å²) in [5, 5.41) is 1.07. The Morgan fingerprint density at radius 2 is 2.14 bits per heavy atom. The Hall–Kier alpha value is -1.000. The monoisotopic (exact) mass is 251 g/mol. The molecule has 0 radical (unpaired) electrons. The number of halogens is 1. The van der Waals surface area contributed by atoms with E-state index in [1.165, 1.54) is 0 Å². The zero-order valence-electron chi connectivity index (χ0n) is 7.79. The summed E-state index contributed by atoms with van der Waals surface area (Å²) in [6, 6.07) is 5.97. The fourth-order valence-corrected chi connectivity index (χ4v) is 1.76. The average Bonchev–Trinajstić information content (AvgIpc) is 2.16. The molecule has 0 aliphatic rings. The maximum absolute atomic E-state index is 5.51. The van der Waals surface area contributed by atoms with Gasteiger partial charge in [-0.1, -0.05) is 15.9 Å². The second-order valence-electron chi connectivity index (χ2n) is 3.09. The number of aryl methyl sites for hydroxylation is 1. The molecule has 0 bridgehead atoms. The van der Waals surface area contributed by atoms with Gasteiger partial charge in [0.25, 0.3) is 0 Å². The number of fused-ring (bicyclic) bond motifs is 1. The highest BCUT2D eigenvalue weighted by molar-refractivity contribution is 9.10. The van der Waals surface area contributed by atoms with Gasteiger partial charge in [0, 0.05) is 15.6 Å². The van der Waals surface area contributed by atoms with Crippen LogP contribution in [-0.2, 0) is 6.54 Å². The van der Waals surface area contributed by atoms with E-state index in [2.05, 4.69) is 25.9 Å². The minimum atomic E-state index is 0.378. The Morgan fingerprint density at radius 1 is 1.36 bits per heavy atom. The van der Waals surface area contributed by atoms with Gasteiger partial charge in [-0.25, -0.2) is 9.97 Å². The number of rotatable bonds is 1. The van der Waals surface area contributed by atoms with Crippen LogP contribution in [0, 0.1) is 6.92 Å². The third-order valence-corrected chi connectivity index (χ3v) is 2.57. The molecule has 2 rings (SSSR count). The minimum absolute atomic E-state index is 0.378. The van der Waals surface area contributed by atoms with Crippen molar-refractivity contribution in [2.75, 3.05) is 0 Å². The molecule has 0 saturated carbocycles. The van der Waals surface area contributed by atoms with E-state index in [1.54, 1.807) is 0 Å². The average molecular weight is 252 g/mol. The first-order valence-corrected chi connectivity index (χ1v) is 5.13. The third-order valence-electron chi connectivity index (χ3n) is 2.08. The van der Waals surface area contributed by atoms with E-state index in [-0.39, 0.29) is 0 Å². The molecule has 0 unspecified atom stereocenters. The van der Waals surface area contributed by atoms with Crippen molar-refractivity contribution in [3.8, 4) is 0 Å². The van der Waals surface area contributed by atoms with Crippen molar-refractivity contribution in [3.05, 3.63) is 34.2 Å². The van der Waals surface area contributed by atoms with Crippen molar-refractivity contribution >= 4 is 26.8 Å². The van der Waals surface area contributed by atoms with Gasteiger partial charge in [0.05, 0.1) is 12.1 Å². The SMILES string of the molecule is Cc1nc(CN)nc2cc(Br)ccc12. The molecule has 1 aromatic carbocycles. The Labute approximate surface area is 90.5 Å². The second-order valence-corrected chi connectivity index (χ2v) is 4.01. The molecule has 0 aliphatic carbocycles. The highest BCUT2D eigenvalue weighted by atomic mass is 79.9. The van der Waals surface area contributed by atoms with Crippen molar-refractivity contribution < 1.29 is 0 Å². The van der Waals surface area contributed by atoms with Crippen LogP contribution in [0.5, 0.6) is 0 Å². The summed E-state index contributed by atoms with van der Waals surface area (Å²) < 4.78 is 1.02. The molecular formula is C10H10BrN3. The molecule has 14 heavy (non-hydrogen) atoms. The zero-order chi connectivity index (χ0) is 10.1. The molecule has 0 atom stereocenters. The molecule has 2 aromatic rings. The third kappa shape index (κ3) is 1.63.